The average molecular weight is 326 g/mol. The molecule has 0 fully saturated rings. The van der Waals surface area contributed by atoms with Crippen LogP contribution in [0.4, 0.5) is 0 Å². The highest BCUT2D eigenvalue weighted by Gasteiger charge is 2.12. The summed E-state index contributed by atoms with van der Waals surface area (Å²) in [6, 6.07) is 10.2. The van der Waals surface area contributed by atoms with Crippen molar-refractivity contribution in [3.05, 3.63) is 35.9 Å². The SMILES string of the molecule is CCCCCCC(=O)N(CCBr)Cc1ccccc1. The summed E-state index contributed by atoms with van der Waals surface area (Å²) in [6.45, 7) is 3.69. The van der Waals surface area contributed by atoms with Gasteiger partial charge in [0.15, 0.2) is 0 Å². The number of nitrogens with zero attached hydrogens (tertiary/aromatic N) is 1. The van der Waals surface area contributed by atoms with Gasteiger partial charge in [-0.2, -0.15) is 0 Å². The number of hydrogen-bond acceptors (Lipinski definition) is 1. The summed E-state index contributed by atoms with van der Waals surface area (Å²) >= 11 is 3.43. The number of benzene rings is 1. The van der Waals surface area contributed by atoms with E-state index >= 15 is 0 Å². The Morgan fingerprint density at radius 1 is 1.16 bits per heavy atom. The minimum absolute atomic E-state index is 0.277. The van der Waals surface area contributed by atoms with E-state index in [0.717, 1.165) is 31.3 Å². The Kier molecular flexibility index (Phi) is 8.55. The molecule has 0 aliphatic carbocycles. The molecule has 0 N–H and O–H groups in total. The van der Waals surface area contributed by atoms with Crippen LogP contribution in [0, 0.1) is 0 Å². The summed E-state index contributed by atoms with van der Waals surface area (Å²) in [5.41, 5.74) is 1.20. The van der Waals surface area contributed by atoms with E-state index in [1.165, 1.54) is 18.4 Å². The lowest BCUT2D eigenvalue weighted by Gasteiger charge is -2.22. The van der Waals surface area contributed by atoms with E-state index in [1.807, 2.05) is 23.1 Å². The zero-order chi connectivity index (χ0) is 13.9. The van der Waals surface area contributed by atoms with Crippen molar-refractivity contribution in [3.63, 3.8) is 0 Å². The van der Waals surface area contributed by atoms with Gasteiger partial charge in [-0.15, -0.1) is 0 Å². The molecule has 0 saturated carbocycles. The maximum Gasteiger partial charge on any atom is 0.222 e. The van der Waals surface area contributed by atoms with Crippen LogP contribution < -0.4 is 0 Å². The first-order chi connectivity index (χ1) is 9.27. The lowest BCUT2D eigenvalue weighted by molar-refractivity contribution is -0.131. The molecule has 1 rings (SSSR count). The second-order valence-electron chi connectivity index (χ2n) is 4.80. The van der Waals surface area contributed by atoms with Crippen molar-refractivity contribution in [2.75, 3.05) is 11.9 Å². The molecule has 0 heterocycles. The number of amides is 1. The molecule has 0 unspecified atom stereocenters. The fourth-order valence-electron chi connectivity index (χ4n) is 2.06. The third-order valence-electron chi connectivity index (χ3n) is 3.17. The molecule has 0 bridgehead atoms. The van der Waals surface area contributed by atoms with Gasteiger partial charge < -0.3 is 4.90 Å². The van der Waals surface area contributed by atoms with Gasteiger partial charge in [0.05, 0.1) is 0 Å². The van der Waals surface area contributed by atoms with E-state index in [4.69, 9.17) is 0 Å². The fraction of sp³-hybridized carbons (Fsp3) is 0.562. The van der Waals surface area contributed by atoms with Gasteiger partial charge in [-0.25, -0.2) is 0 Å². The third-order valence-corrected chi connectivity index (χ3v) is 3.52. The first kappa shape index (κ1) is 16.2. The summed E-state index contributed by atoms with van der Waals surface area (Å²) in [5, 5.41) is 0.834. The van der Waals surface area contributed by atoms with Crippen molar-refractivity contribution < 1.29 is 4.79 Å². The van der Waals surface area contributed by atoms with Crippen LogP contribution in [0.1, 0.15) is 44.6 Å². The molecule has 3 heteroatoms. The van der Waals surface area contributed by atoms with Gasteiger partial charge in [0.1, 0.15) is 0 Å². The van der Waals surface area contributed by atoms with Crippen molar-refractivity contribution in [2.24, 2.45) is 0 Å². The standard InChI is InChI=1S/C16H24BrNO/c1-2-3-4-8-11-16(19)18(13-12-17)14-15-9-6-5-7-10-15/h5-7,9-10H,2-4,8,11-14H2,1H3. The number of carbonyl (C=O) groups is 1. The Balaban J connectivity index is 2.44. The van der Waals surface area contributed by atoms with Crippen molar-refractivity contribution >= 4 is 21.8 Å². The summed E-state index contributed by atoms with van der Waals surface area (Å²) in [7, 11) is 0. The molecule has 0 aliphatic rings. The smallest absolute Gasteiger partial charge is 0.222 e. The minimum Gasteiger partial charge on any atom is -0.338 e. The molecule has 0 atom stereocenters. The van der Waals surface area contributed by atoms with Gasteiger partial charge in [-0.3, -0.25) is 4.79 Å². The topological polar surface area (TPSA) is 20.3 Å². The Bertz CT molecular complexity index is 353. The van der Waals surface area contributed by atoms with Crippen LogP contribution in [0.2, 0.25) is 0 Å². The van der Waals surface area contributed by atoms with Crippen LogP contribution in [-0.4, -0.2) is 22.7 Å². The van der Waals surface area contributed by atoms with E-state index in [1.54, 1.807) is 0 Å². The normalized spacial score (nSPS) is 10.4. The third kappa shape index (κ3) is 6.76. The molecule has 1 amide bonds. The van der Waals surface area contributed by atoms with Crippen LogP contribution >= 0.6 is 15.9 Å². The van der Waals surface area contributed by atoms with Crippen LogP contribution in [0.5, 0.6) is 0 Å². The predicted octanol–water partition coefficient (Wildman–Crippen LogP) is 4.38. The monoisotopic (exact) mass is 325 g/mol. The minimum atomic E-state index is 0.277. The Hall–Kier alpha value is -0.830. The van der Waals surface area contributed by atoms with Gasteiger partial charge >= 0.3 is 0 Å². The molecule has 0 saturated heterocycles. The molecule has 0 aromatic heterocycles. The summed E-state index contributed by atoms with van der Waals surface area (Å²) < 4.78 is 0. The fourth-order valence-corrected chi connectivity index (χ4v) is 2.49. The molecule has 19 heavy (non-hydrogen) atoms. The maximum absolute atomic E-state index is 12.2. The Morgan fingerprint density at radius 3 is 2.53 bits per heavy atom. The van der Waals surface area contributed by atoms with E-state index in [2.05, 4.69) is 35.0 Å². The van der Waals surface area contributed by atoms with E-state index < -0.39 is 0 Å². The molecule has 0 spiro atoms. The highest BCUT2D eigenvalue weighted by atomic mass is 79.9. The highest BCUT2D eigenvalue weighted by Crippen LogP contribution is 2.10. The van der Waals surface area contributed by atoms with Crippen molar-refractivity contribution in [2.45, 2.75) is 45.6 Å². The van der Waals surface area contributed by atoms with Gasteiger partial charge in [0.2, 0.25) is 5.91 Å². The van der Waals surface area contributed by atoms with Crippen LogP contribution in [-0.2, 0) is 11.3 Å². The molecule has 2 nitrogen and oxygen atoms in total. The van der Waals surface area contributed by atoms with Gasteiger partial charge in [0, 0.05) is 24.8 Å². The van der Waals surface area contributed by atoms with E-state index in [-0.39, 0.29) is 5.91 Å². The molecular weight excluding hydrogens is 302 g/mol. The average Bonchev–Trinajstić information content (AvgIpc) is 2.44. The predicted molar refractivity (Wildman–Crippen MR) is 84.4 cm³/mol. The summed E-state index contributed by atoms with van der Waals surface area (Å²) in [4.78, 5) is 14.2. The van der Waals surface area contributed by atoms with Crippen molar-refractivity contribution in [1.82, 2.24) is 4.90 Å². The van der Waals surface area contributed by atoms with Gasteiger partial charge in [0.25, 0.3) is 0 Å². The van der Waals surface area contributed by atoms with Gasteiger partial charge in [-0.05, 0) is 12.0 Å². The van der Waals surface area contributed by atoms with Crippen molar-refractivity contribution in [1.29, 1.82) is 0 Å². The van der Waals surface area contributed by atoms with Crippen LogP contribution in [0.25, 0.3) is 0 Å². The lowest BCUT2D eigenvalue weighted by Crippen LogP contribution is -2.32. The second kappa shape index (κ2) is 10.0. The molecule has 1 aromatic rings. The maximum atomic E-state index is 12.2. The number of halogens is 1. The summed E-state index contributed by atoms with van der Waals surface area (Å²) in [5.74, 6) is 0.277. The number of rotatable bonds is 9. The summed E-state index contributed by atoms with van der Waals surface area (Å²) in [6.07, 6.45) is 5.30. The van der Waals surface area contributed by atoms with Crippen molar-refractivity contribution in [3.8, 4) is 0 Å². The van der Waals surface area contributed by atoms with Gasteiger partial charge in [-0.1, -0.05) is 72.4 Å². The number of unbranched alkanes of at least 4 members (excludes halogenated alkanes) is 3. The molecule has 106 valence electrons. The Morgan fingerprint density at radius 2 is 1.89 bits per heavy atom. The zero-order valence-electron chi connectivity index (χ0n) is 11.8. The lowest BCUT2D eigenvalue weighted by atomic mass is 10.1. The highest BCUT2D eigenvalue weighted by molar-refractivity contribution is 9.09. The van der Waals surface area contributed by atoms with E-state index in [0.29, 0.717) is 6.42 Å². The number of carbonyl (C=O) groups excluding carboxylic acids is 1. The van der Waals surface area contributed by atoms with E-state index in [9.17, 15) is 4.79 Å². The van der Waals surface area contributed by atoms with Crippen LogP contribution in [0.15, 0.2) is 30.3 Å². The molecule has 1 aromatic carbocycles. The number of hydrogen-bond donors (Lipinski definition) is 0. The number of alkyl halides is 1. The first-order valence-corrected chi connectivity index (χ1v) is 8.27. The Labute approximate surface area is 125 Å². The van der Waals surface area contributed by atoms with Crippen LogP contribution in [0.3, 0.4) is 0 Å². The largest absolute Gasteiger partial charge is 0.338 e. The second-order valence-corrected chi connectivity index (χ2v) is 5.59. The quantitative estimate of drug-likeness (QED) is 0.487. The molecule has 0 aliphatic heterocycles. The zero-order valence-corrected chi connectivity index (χ0v) is 13.4. The first-order valence-electron chi connectivity index (χ1n) is 7.15. The molecule has 0 radical (unpaired) electrons. The molecular formula is C16H24BrNO.